The van der Waals surface area contributed by atoms with Gasteiger partial charge in [-0.2, -0.15) is 0 Å². The van der Waals surface area contributed by atoms with Crippen molar-refractivity contribution in [3.8, 4) is 0 Å². The first-order valence-corrected chi connectivity index (χ1v) is 11.3. The molecule has 5 atom stereocenters. The molecule has 2 saturated heterocycles. The van der Waals surface area contributed by atoms with Crippen molar-refractivity contribution in [2.45, 2.75) is 58.3 Å². The molecule has 0 aromatic heterocycles. The summed E-state index contributed by atoms with van der Waals surface area (Å²) in [7, 11) is 2.10. The average molecular weight is 506 g/mol. The van der Waals surface area contributed by atoms with E-state index in [2.05, 4.69) is 17.8 Å². The lowest BCUT2D eigenvalue weighted by Crippen LogP contribution is -3.12. The van der Waals surface area contributed by atoms with E-state index >= 15 is 0 Å². The maximum Gasteiger partial charge on any atom is 0.303 e. The van der Waals surface area contributed by atoms with E-state index in [0.717, 1.165) is 40.0 Å². The van der Waals surface area contributed by atoms with Gasteiger partial charge in [0.15, 0.2) is 29.7 Å². The van der Waals surface area contributed by atoms with Gasteiger partial charge in [-0.05, 0) is 12.2 Å². The number of hydrogen-bond acceptors (Lipinski definition) is 11. The zero-order valence-corrected chi connectivity index (χ0v) is 20.8. The summed E-state index contributed by atoms with van der Waals surface area (Å²) in [5, 5.41) is 5.05. The molecule has 0 aromatic rings. The minimum Gasteiger partial charge on any atom is -0.463 e. The molecular weight excluding hydrogens is 472 g/mol. The van der Waals surface area contributed by atoms with E-state index in [4.69, 9.17) is 35.9 Å². The SMILES string of the molecule is CC(=O)OC[C@@H]1O[C@@H](NC(=S)NN2CC[NH+](C)CC2)[C@@H](OC(C)=O)[C@@H](OC(C)=O)[C@@H]1OC(C)=O. The van der Waals surface area contributed by atoms with Crippen LogP contribution >= 0.6 is 12.2 Å². The van der Waals surface area contributed by atoms with Gasteiger partial charge in [-0.15, -0.1) is 0 Å². The van der Waals surface area contributed by atoms with Gasteiger partial charge in [0.05, 0.1) is 33.2 Å². The third-order valence-electron chi connectivity index (χ3n) is 5.14. The number of likely N-dealkylation sites (N-methyl/N-ethyl adjacent to an activating group) is 1. The Labute approximate surface area is 203 Å². The fourth-order valence-corrected chi connectivity index (χ4v) is 3.90. The Morgan fingerprint density at radius 3 is 1.97 bits per heavy atom. The second kappa shape index (κ2) is 12.8. The molecule has 13 nitrogen and oxygen atoms in total. The number of carbonyl (C=O) groups is 4. The highest BCUT2D eigenvalue weighted by Gasteiger charge is 2.52. The monoisotopic (exact) mass is 505 g/mol. The molecule has 0 radical (unpaired) electrons. The maximum absolute atomic E-state index is 11.9. The van der Waals surface area contributed by atoms with Crippen molar-refractivity contribution in [3.05, 3.63) is 0 Å². The highest BCUT2D eigenvalue weighted by molar-refractivity contribution is 7.80. The highest BCUT2D eigenvalue weighted by Crippen LogP contribution is 2.28. The third-order valence-corrected chi connectivity index (χ3v) is 5.35. The smallest absolute Gasteiger partial charge is 0.303 e. The van der Waals surface area contributed by atoms with Crippen molar-refractivity contribution in [2.24, 2.45) is 0 Å². The largest absolute Gasteiger partial charge is 0.463 e. The summed E-state index contributed by atoms with van der Waals surface area (Å²) in [5.41, 5.74) is 3.07. The lowest BCUT2D eigenvalue weighted by atomic mass is 9.97. The van der Waals surface area contributed by atoms with Crippen LogP contribution in [0.25, 0.3) is 0 Å². The molecule has 0 aliphatic carbocycles. The summed E-state index contributed by atoms with van der Waals surface area (Å²) in [5.74, 6) is -2.67. The molecule has 34 heavy (non-hydrogen) atoms. The van der Waals surface area contributed by atoms with Crippen LogP contribution in [0.3, 0.4) is 0 Å². The molecule has 2 rings (SSSR count). The summed E-state index contributed by atoms with van der Waals surface area (Å²) in [6, 6.07) is 0. The maximum atomic E-state index is 11.9. The molecular formula is C20H33N4O9S+. The van der Waals surface area contributed by atoms with E-state index in [-0.39, 0.29) is 11.7 Å². The number of carbonyl (C=O) groups excluding carboxylic acids is 4. The van der Waals surface area contributed by atoms with Crippen LogP contribution in [0.2, 0.25) is 0 Å². The molecule has 0 spiro atoms. The van der Waals surface area contributed by atoms with E-state index in [0.29, 0.717) is 0 Å². The third kappa shape index (κ3) is 8.66. The number of hydrazine groups is 1. The zero-order valence-electron chi connectivity index (χ0n) is 20.0. The number of quaternary nitrogens is 1. The van der Waals surface area contributed by atoms with Gasteiger partial charge in [-0.25, -0.2) is 5.01 Å². The molecule has 0 unspecified atom stereocenters. The fraction of sp³-hybridized carbons (Fsp3) is 0.750. The summed E-state index contributed by atoms with van der Waals surface area (Å²) >= 11 is 5.41. The first-order chi connectivity index (χ1) is 16.0. The lowest BCUT2D eigenvalue weighted by molar-refractivity contribution is -0.884. The van der Waals surface area contributed by atoms with E-state index < -0.39 is 54.5 Å². The second-order valence-electron chi connectivity index (χ2n) is 8.15. The minimum absolute atomic E-state index is 0.181. The number of rotatable bonds is 7. The van der Waals surface area contributed by atoms with Crippen LogP contribution in [-0.4, -0.2) is 104 Å². The van der Waals surface area contributed by atoms with Crippen LogP contribution in [0.1, 0.15) is 27.7 Å². The number of esters is 4. The van der Waals surface area contributed by atoms with Crippen molar-refractivity contribution in [2.75, 3.05) is 39.8 Å². The normalized spacial score (nSPS) is 27.7. The molecule has 192 valence electrons. The van der Waals surface area contributed by atoms with Crippen molar-refractivity contribution in [1.82, 2.24) is 15.8 Å². The van der Waals surface area contributed by atoms with Crippen LogP contribution < -0.4 is 15.6 Å². The van der Waals surface area contributed by atoms with Gasteiger partial charge in [0, 0.05) is 27.7 Å². The molecule has 2 aliphatic heterocycles. The summed E-state index contributed by atoms with van der Waals surface area (Å²) in [4.78, 5) is 48.3. The van der Waals surface area contributed by atoms with Gasteiger partial charge in [0.2, 0.25) is 0 Å². The van der Waals surface area contributed by atoms with Gasteiger partial charge in [0.25, 0.3) is 0 Å². The summed E-state index contributed by atoms with van der Waals surface area (Å²) < 4.78 is 27.2. The standard InChI is InChI=1S/C20H32N4O9S/c1-11(25)29-10-15-16(30-12(2)26)17(31-13(3)27)18(32-14(4)28)19(33-15)21-20(34)22-24-8-6-23(5)7-9-24/h15-19H,6-10H2,1-5H3,(H2,21,22,34)/p+1/t15-,16+,17-,18-,19+/m0/s1. The molecule has 0 aromatic carbocycles. The topological polar surface area (TPSA) is 146 Å². The molecule has 3 N–H and O–H groups in total. The highest BCUT2D eigenvalue weighted by atomic mass is 32.1. The predicted octanol–water partition coefficient (Wildman–Crippen LogP) is -2.72. The number of hydrogen-bond donors (Lipinski definition) is 3. The zero-order chi connectivity index (χ0) is 25.4. The van der Waals surface area contributed by atoms with E-state index in [1.807, 2.05) is 5.01 Å². The molecule has 0 bridgehead atoms. The van der Waals surface area contributed by atoms with Crippen LogP contribution in [0.15, 0.2) is 0 Å². The van der Waals surface area contributed by atoms with Crippen LogP contribution in [0.5, 0.6) is 0 Å². The first kappa shape index (κ1) is 27.7. The van der Waals surface area contributed by atoms with E-state index in [1.165, 1.54) is 18.7 Å². The van der Waals surface area contributed by atoms with E-state index in [1.54, 1.807) is 0 Å². The molecule has 2 fully saturated rings. The van der Waals surface area contributed by atoms with Gasteiger partial charge in [0.1, 0.15) is 12.7 Å². The number of ether oxygens (including phenoxy) is 5. The van der Waals surface area contributed by atoms with Gasteiger partial charge in [-0.1, -0.05) is 0 Å². The van der Waals surface area contributed by atoms with Crippen LogP contribution in [0, 0.1) is 0 Å². The predicted molar refractivity (Wildman–Crippen MR) is 119 cm³/mol. The van der Waals surface area contributed by atoms with Gasteiger partial charge in [-0.3, -0.25) is 24.6 Å². The number of nitrogens with zero attached hydrogens (tertiary/aromatic N) is 1. The quantitative estimate of drug-likeness (QED) is 0.187. The Bertz CT molecular complexity index is 775. The Hall–Kier alpha value is -2.55. The molecule has 2 heterocycles. The Morgan fingerprint density at radius 2 is 1.44 bits per heavy atom. The van der Waals surface area contributed by atoms with Crippen LogP contribution in [-0.2, 0) is 42.9 Å². The minimum atomic E-state index is -1.26. The van der Waals surface area contributed by atoms with Crippen molar-refractivity contribution < 1.29 is 47.8 Å². The average Bonchev–Trinajstić information content (AvgIpc) is 2.71. The summed E-state index contributed by atoms with van der Waals surface area (Å²) in [6.07, 6.45) is -5.86. The fourth-order valence-electron chi connectivity index (χ4n) is 3.65. The van der Waals surface area contributed by atoms with Crippen molar-refractivity contribution in [1.29, 1.82) is 0 Å². The Morgan fingerprint density at radius 1 is 0.912 bits per heavy atom. The molecule has 0 amide bonds. The first-order valence-electron chi connectivity index (χ1n) is 10.9. The summed E-state index contributed by atoms with van der Waals surface area (Å²) in [6.45, 7) is 7.77. The Balaban J connectivity index is 2.27. The second-order valence-corrected chi connectivity index (χ2v) is 8.56. The van der Waals surface area contributed by atoms with Crippen molar-refractivity contribution >= 4 is 41.2 Å². The lowest BCUT2D eigenvalue weighted by Gasteiger charge is -2.44. The Kier molecular flexibility index (Phi) is 10.4. The molecule has 0 saturated carbocycles. The van der Waals surface area contributed by atoms with Crippen LogP contribution in [0.4, 0.5) is 0 Å². The number of piperazine rings is 1. The van der Waals surface area contributed by atoms with Gasteiger partial charge >= 0.3 is 23.9 Å². The van der Waals surface area contributed by atoms with Gasteiger partial charge < -0.3 is 33.9 Å². The molecule has 14 heteroatoms. The molecule has 2 aliphatic rings. The van der Waals surface area contributed by atoms with Crippen molar-refractivity contribution in [3.63, 3.8) is 0 Å². The number of nitrogens with one attached hydrogen (secondary N) is 3. The van der Waals surface area contributed by atoms with E-state index in [9.17, 15) is 19.2 Å². The number of thiocarbonyl (C=S) groups is 1.